The first kappa shape index (κ1) is 12.9. The summed E-state index contributed by atoms with van der Waals surface area (Å²) in [4.78, 5) is 0. The minimum Gasteiger partial charge on any atom is -0.382 e. The van der Waals surface area contributed by atoms with Crippen molar-refractivity contribution < 1.29 is 23.7 Å². The molecule has 0 saturated carbocycles. The molecule has 0 bridgehead atoms. The molecule has 0 amide bonds. The van der Waals surface area contributed by atoms with Crippen LogP contribution in [0.15, 0.2) is 0 Å². The van der Waals surface area contributed by atoms with E-state index in [0.29, 0.717) is 13.2 Å². The molecule has 15 heavy (non-hydrogen) atoms. The van der Waals surface area contributed by atoms with Gasteiger partial charge in [-0.15, -0.1) is 0 Å². The molecule has 90 valence electrons. The van der Waals surface area contributed by atoms with Crippen LogP contribution in [-0.4, -0.2) is 59.1 Å². The molecule has 1 saturated heterocycles. The Bertz CT molecular complexity index is 175. The Morgan fingerprint density at radius 1 is 1.00 bits per heavy atom. The van der Waals surface area contributed by atoms with E-state index in [-0.39, 0.29) is 24.6 Å². The lowest BCUT2D eigenvalue weighted by atomic mass is 10.1. The van der Waals surface area contributed by atoms with E-state index in [4.69, 9.17) is 23.7 Å². The van der Waals surface area contributed by atoms with E-state index in [1.807, 2.05) is 6.92 Å². The normalized spacial score (nSPS) is 36.0. The van der Waals surface area contributed by atoms with Crippen LogP contribution in [0.5, 0.6) is 0 Å². The third-order valence-corrected chi connectivity index (χ3v) is 2.51. The summed E-state index contributed by atoms with van der Waals surface area (Å²) < 4.78 is 26.6. The minimum absolute atomic E-state index is 0.0308. The Morgan fingerprint density at radius 3 is 2.27 bits per heavy atom. The molecule has 0 aromatic carbocycles. The molecule has 1 fully saturated rings. The lowest BCUT2D eigenvalue weighted by molar-refractivity contribution is -0.154. The van der Waals surface area contributed by atoms with Crippen LogP contribution in [0.2, 0.25) is 0 Å². The van der Waals surface area contributed by atoms with E-state index < -0.39 is 0 Å². The Balaban J connectivity index is 2.45. The predicted octanol–water partition coefficient (Wildman–Crippen LogP) is 0.424. The molecule has 5 heteroatoms. The average Bonchev–Trinajstić information content (AvgIpc) is 2.55. The van der Waals surface area contributed by atoms with Gasteiger partial charge in [0.25, 0.3) is 0 Å². The molecule has 0 spiro atoms. The van der Waals surface area contributed by atoms with Gasteiger partial charge in [0.15, 0.2) is 6.29 Å². The lowest BCUT2D eigenvalue weighted by Crippen LogP contribution is -2.37. The molecule has 0 aliphatic carbocycles. The second-order valence-electron chi connectivity index (χ2n) is 3.47. The summed E-state index contributed by atoms with van der Waals surface area (Å²) in [6, 6.07) is 0. The molecular weight excluding hydrogens is 200 g/mol. The van der Waals surface area contributed by atoms with Gasteiger partial charge >= 0.3 is 0 Å². The predicted molar refractivity (Wildman–Crippen MR) is 53.8 cm³/mol. The van der Waals surface area contributed by atoms with Crippen LogP contribution < -0.4 is 0 Å². The highest BCUT2D eigenvalue weighted by molar-refractivity contribution is 4.86. The van der Waals surface area contributed by atoms with Crippen molar-refractivity contribution in [2.24, 2.45) is 0 Å². The van der Waals surface area contributed by atoms with Gasteiger partial charge in [-0.25, -0.2) is 0 Å². The van der Waals surface area contributed by atoms with Gasteiger partial charge in [0.2, 0.25) is 0 Å². The quantitative estimate of drug-likeness (QED) is 0.607. The maximum atomic E-state index is 5.64. The standard InChI is InChI=1S/C10H20O5/c1-7-8(14-6-5-11-2)9(12-3)10(13-4)15-7/h7-10H,5-6H2,1-4H3/t7-,8+,9?,10-/m0/s1. The van der Waals surface area contributed by atoms with E-state index >= 15 is 0 Å². The zero-order valence-corrected chi connectivity index (χ0v) is 9.76. The van der Waals surface area contributed by atoms with Gasteiger partial charge in [-0.1, -0.05) is 0 Å². The smallest absolute Gasteiger partial charge is 0.186 e. The number of rotatable bonds is 6. The molecule has 1 aliphatic heterocycles. The van der Waals surface area contributed by atoms with Crippen LogP contribution >= 0.6 is 0 Å². The summed E-state index contributed by atoms with van der Waals surface area (Å²) in [7, 11) is 4.87. The summed E-state index contributed by atoms with van der Waals surface area (Å²) in [5.74, 6) is 0. The van der Waals surface area contributed by atoms with E-state index in [9.17, 15) is 0 Å². The van der Waals surface area contributed by atoms with Gasteiger partial charge in [0.1, 0.15) is 12.2 Å². The highest BCUT2D eigenvalue weighted by Crippen LogP contribution is 2.26. The fraction of sp³-hybridized carbons (Fsp3) is 1.00. The molecule has 1 rings (SSSR count). The van der Waals surface area contributed by atoms with Crippen LogP contribution in [0.3, 0.4) is 0 Å². The van der Waals surface area contributed by atoms with Gasteiger partial charge in [-0.3, -0.25) is 0 Å². The van der Waals surface area contributed by atoms with Crippen LogP contribution in [0, 0.1) is 0 Å². The van der Waals surface area contributed by atoms with Gasteiger partial charge in [0.05, 0.1) is 19.3 Å². The van der Waals surface area contributed by atoms with Gasteiger partial charge in [-0.2, -0.15) is 0 Å². The van der Waals surface area contributed by atoms with Crippen LogP contribution in [0.1, 0.15) is 6.92 Å². The van der Waals surface area contributed by atoms with Crippen LogP contribution in [0.4, 0.5) is 0 Å². The number of hydrogen-bond donors (Lipinski definition) is 0. The molecule has 0 aromatic heterocycles. The first-order chi connectivity index (χ1) is 7.24. The Labute approximate surface area is 90.6 Å². The van der Waals surface area contributed by atoms with Gasteiger partial charge < -0.3 is 23.7 Å². The molecule has 4 atom stereocenters. The summed E-state index contributed by atoms with van der Waals surface area (Å²) in [6.07, 6.45) is -0.661. The molecule has 0 aromatic rings. The maximum absolute atomic E-state index is 5.64. The van der Waals surface area contributed by atoms with Crippen molar-refractivity contribution >= 4 is 0 Å². The first-order valence-corrected chi connectivity index (χ1v) is 5.06. The van der Waals surface area contributed by atoms with Crippen molar-refractivity contribution in [2.75, 3.05) is 34.5 Å². The lowest BCUT2D eigenvalue weighted by Gasteiger charge is -2.21. The maximum Gasteiger partial charge on any atom is 0.186 e. The zero-order chi connectivity index (χ0) is 11.3. The second kappa shape index (κ2) is 6.40. The van der Waals surface area contributed by atoms with E-state index in [1.54, 1.807) is 21.3 Å². The second-order valence-corrected chi connectivity index (χ2v) is 3.47. The largest absolute Gasteiger partial charge is 0.382 e. The summed E-state index contributed by atoms with van der Waals surface area (Å²) >= 11 is 0. The van der Waals surface area contributed by atoms with E-state index in [1.165, 1.54) is 0 Å². The number of ether oxygens (including phenoxy) is 5. The fourth-order valence-electron chi connectivity index (χ4n) is 1.72. The van der Waals surface area contributed by atoms with Crippen LogP contribution in [0.25, 0.3) is 0 Å². The Hall–Kier alpha value is -0.200. The Kier molecular flexibility index (Phi) is 5.49. The summed E-state index contributed by atoms with van der Waals surface area (Å²) in [5.41, 5.74) is 0. The van der Waals surface area contributed by atoms with E-state index in [2.05, 4.69) is 0 Å². The molecule has 0 N–H and O–H groups in total. The molecule has 1 heterocycles. The third-order valence-electron chi connectivity index (χ3n) is 2.51. The monoisotopic (exact) mass is 220 g/mol. The molecule has 1 unspecified atom stereocenters. The average molecular weight is 220 g/mol. The van der Waals surface area contributed by atoms with Gasteiger partial charge in [-0.05, 0) is 6.92 Å². The highest BCUT2D eigenvalue weighted by atomic mass is 16.7. The van der Waals surface area contributed by atoms with Crippen molar-refractivity contribution in [3.63, 3.8) is 0 Å². The van der Waals surface area contributed by atoms with Crippen LogP contribution in [-0.2, 0) is 23.7 Å². The van der Waals surface area contributed by atoms with Crippen molar-refractivity contribution in [2.45, 2.75) is 31.5 Å². The van der Waals surface area contributed by atoms with Gasteiger partial charge in [0, 0.05) is 21.3 Å². The first-order valence-electron chi connectivity index (χ1n) is 5.06. The fourth-order valence-corrected chi connectivity index (χ4v) is 1.72. The van der Waals surface area contributed by atoms with Crippen molar-refractivity contribution in [1.82, 2.24) is 0 Å². The molecule has 1 aliphatic rings. The number of methoxy groups -OCH3 is 3. The topological polar surface area (TPSA) is 46.2 Å². The number of hydrogen-bond acceptors (Lipinski definition) is 5. The van der Waals surface area contributed by atoms with Crippen molar-refractivity contribution in [1.29, 1.82) is 0 Å². The molecular formula is C10H20O5. The van der Waals surface area contributed by atoms with Crippen molar-refractivity contribution in [3.8, 4) is 0 Å². The molecule has 5 nitrogen and oxygen atoms in total. The Morgan fingerprint density at radius 2 is 1.73 bits per heavy atom. The zero-order valence-electron chi connectivity index (χ0n) is 9.76. The minimum atomic E-state index is -0.349. The summed E-state index contributed by atoms with van der Waals surface area (Å²) in [6.45, 7) is 3.05. The SMILES string of the molecule is COCCO[C@H]1C(OC)[C@@H](OC)O[C@H]1C. The van der Waals surface area contributed by atoms with E-state index in [0.717, 1.165) is 0 Å². The van der Waals surface area contributed by atoms with Crippen molar-refractivity contribution in [3.05, 3.63) is 0 Å². The molecule has 0 radical (unpaired) electrons. The third kappa shape index (κ3) is 3.12. The summed E-state index contributed by atoms with van der Waals surface area (Å²) in [5, 5.41) is 0. The highest BCUT2D eigenvalue weighted by Gasteiger charge is 2.43.